The number of allylic oxidation sites excluding steroid dienone is 2. The molecule has 0 bridgehead atoms. The highest BCUT2D eigenvalue weighted by Gasteiger charge is 2.16. The molecule has 0 saturated carbocycles. The van der Waals surface area contributed by atoms with Crippen molar-refractivity contribution in [2.24, 2.45) is 0 Å². The van der Waals surface area contributed by atoms with E-state index in [0.29, 0.717) is 48.0 Å². The molecule has 13 heteroatoms. The lowest BCUT2D eigenvalue weighted by atomic mass is 9.99. The van der Waals surface area contributed by atoms with Crippen LogP contribution in [0.5, 0.6) is 0 Å². The highest BCUT2D eigenvalue weighted by atomic mass is 19.2. The smallest absolute Gasteiger partial charge is 0.266 e. The van der Waals surface area contributed by atoms with Gasteiger partial charge in [0.25, 0.3) is 17.4 Å². The van der Waals surface area contributed by atoms with Gasteiger partial charge in [-0.2, -0.15) is 0 Å². The van der Waals surface area contributed by atoms with Crippen LogP contribution in [0.2, 0.25) is 0 Å². The van der Waals surface area contributed by atoms with Gasteiger partial charge in [0.15, 0.2) is 11.6 Å². The molecule has 2 N–H and O–H groups in total. The predicted octanol–water partition coefficient (Wildman–Crippen LogP) is 3.71. The van der Waals surface area contributed by atoms with Crippen molar-refractivity contribution in [2.45, 2.75) is 13.0 Å². The number of hydrogen-bond donors (Lipinski definition) is 2. The molecule has 0 spiro atoms. The summed E-state index contributed by atoms with van der Waals surface area (Å²) in [5.74, 6) is -2.41. The van der Waals surface area contributed by atoms with Gasteiger partial charge in [-0.25, -0.2) is 23.7 Å². The summed E-state index contributed by atoms with van der Waals surface area (Å²) in [4.78, 5) is 52.7. The first-order valence-electron chi connectivity index (χ1n) is 13.9. The van der Waals surface area contributed by atoms with Gasteiger partial charge in [0.2, 0.25) is 5.95 Å². The molecule has 5 rings (SSSR count). The molecule has 230 valence electrons. The number of nitrogens with one attached hydrogen (secondary N) is 2. The molecule has 0 saturated heterocycles. The van der Waals surface area contributed by atoms with E-state index in [1.54, 1.807) is 61.7 Å². The first-order valence-corrected chi connectivity index (χ1v) is 13.9. The number of hydrogen-bond acceptors (Lipinski definition) is 8. The number of anilines is 2. The zero-order valence-corrected chi connectivity index (χ0v) is 24.5. The van der Waals surface area contributed by atoms with Gasteiger partial charge in [-0.05, 0) is 53.6 Å². The standard InChI is InChI=1S/C32H29F2N7O4/c1-40(11-12-45-2)30(43)22-5-7-24(8-6-22)38-32-37-16-23-13-20(4-10-28(23)39-32)15-36-29(42)25-17-35-19-41(31(25)44)18-21-3-9-26(33)27(34)14-21/h3-10,14-17,19H,11-13,18H2,1-2H3,(H,36,42)(H,37,38,39). The van der Waals surface area contributed by atoms with Crippen molar-refractivity contribution in [3.8, 4) is 0 Å². The molecule has 0 aliphatic heterocycles. The number of fused-ring (bicyclic) bond motifs is 1. The minimum atomic E-state index is -1.03. The SMILES string of the molecule is COCCN(C)C(=O)c1ccc(Nc2ncc3c(n2)C=CC(=CNC(=O)c2cncn(Cc4ccc(F)c(F)c4)c2=O)C3)cc1. The molecular weight excluding hydrogens is 584 g/mol. The second-order valence-corrected chi connectivity index (χ2v) is 10.2. The second kappa shape index (κ2) is 13.8. The van der Waals surface area contributed by atoms with E-state index in [4.69, 9.17) is 4.74 Å². The summed E-state index contributed by atoms with van der Waals surface area (Å²) in [5.41, 5.74) is 3.07. The third kappa shape index (κ3) is 7.51. The Bertz CT molecular complexity index is 1860. The fraction of sp³-hybridized carbons (Fsp3) is 0.188. The zero-order valence-electron chi connectivity index (χ0n) is 24.5. The van der Waals surface area contributed by atoms with Crippen LogP contribution in [0.15, 0.2) is 83.8 Å². The maximum absolute atomic E-state index is 13.6. The van der Waals surface area contributed by atoms with E-state index in [0.717, 1.165) is 34.0 Å². The molecule has 2 aromatic heterocycles. The van der Waals surface area contributed by atoms with Crippen molar-refractivity contribution < 1.29 is 23.1 Å². The van der Waals surface area contributed by atoms with Crippen LogP contribution in [0.3, 0.4) is 0 Å². The van der Waals surface area contributed by atoms with Crippen LogP contribution in [0, 0.1) is 11.6 Å². The summed E-state index contributed by atoms with van der Waals surface area (Å²) in [6, 6.07) is 10.3. The monoisotopic (exact) mass is 613 g/mol. The molecule has 1 aliphatic rings. The van der Waals surface area contributed by atoms with E-state index in [1.165, 1.54) is 18.6 Å². The van der Waals surface area contributed by atoms with Crippen LogP contribution < -0.4 is 16.2 Å². The molecule has 4 aromatic rings. The quantitative estimate of drug-likeness (QED) is 0.277. The molecule has 1 aliphatic carbocycles. The van der Waals surface area contributed by atoms with Gasteiger partial charge < -0.3 is 20.3 Å². The first kappa shape index (κ1) is 30.9. The van der Waals surface area contributed by atoms with Crippen molar-refractivity contribution in [3.63, 3.8) is 0 Å². The Morgan fingerprint density at radius 2 is 1.89 bits per heavy atom. The Labute approximate surface area is 256 Å². The Morgan fingerprint density at radius 3 is 2.64 bits per heavy atom. The van der Waals surface area contributed by atoms with Crippen molar-refractivity contribution in [3.05, 3.63) is 129 Å². The molecule has 2 aromatic carbocycles. The van der Waals surface area contributed by atoms with Gasteiger partial charge in [0.1, 0.15) is 5.56 Å². The van der Waals surface area contributed by atoms with Gasteiger partial charge in [-0.3, -0.25) is 19.0 Å². The average Bonchev–Trinajstić information content (AvgIpc) is 3.05. The van der Waals surface area contributed by atoms with E-state index in [9.17, 15) is 23.2 Å². The molecule has 2 amide bonds. The van der Waals surface area contributed by atoms with Crippen LogP contribution >= 0.6 is 0 Å². The van der Waals surface area contributed by atoms with Crippen molar-refractivity contribution in [1.29, 1.82) is 0 Å². The zero-order chi connectivity index (χ0) is 31.9. The van der Waals surface area contributed by atoms with E-state index in [-0.39, 0.29) is 18.0 Å². The minimum absolute atomic E-state index is 0.0838. The number of aromatic nitrogens is 4. The van der Waals surface area contributed by atoms with E-state index >= 15 is 0 Å². The highest BCUT2D eigenvalue weighted by molar-refractivity contribution is 5.95. The van der Waals surface area contributed by atoms with Crippen molar-refractivity contribution >= 4 is 29.5 Å². The van der Waals surface area contributed by atoms with Crippen molar-refractivity contribution in [2.75, 3.05) is 32.6 Å². The Kier molecular flexibility index (Phi) is 9.49. The van der Waals surface area contributed by atoms with Gasteiger partial charge in [0.05, 0.1) is 25.2 Å². The molecule has 0 fully saturated rings. The summed E-state index contributed by atoms with van der Waals surface area (Å²) < 4.78 is 33.0. The Balaban J connectivity index is 1.20. The normalized spacial score (nSPS) is 12.9. The molecule has 0 unspecified atom stereocenters. The summed E-state index contributed by atoms with van der Waals surface area (Å²) in [6.45, 7) is 0.863. The van der Waals surface area contributed by atoms with E-state index < -0.39 is 23.1 Å². The number of likely N-dealkylation sites (N-methyl/N-ethyl adjacent to an activating group) is 1. The fourth-order valence-electron chi connectivity index (χ4n) is 4.49. The van der Waals surface area contributed by atoms with Crippen LogP contribution in [-0.4, -0.2) is 63.5 Å². The molecule has 2 heterocycles. The molecule has 0 atom stereocenters. The third-order valence-electron chi connectivity index (χ3n) is 6.98. The minimum Gasteiger partial charge on any atom is -0.383 e. The maximum Gasteiger partial charge on any atom is 0.266 e. The van der Waals surface area contributed by atoms with Gasteiger partial charge >= 0.3 is 0 Å². The number of methoxy groups -OCH3 is 1. The van der Waals surface area contributed by atoms with Gasteiger partial charge in [-0.15, -0.1) is 0 Å². The number of carbonyl (C=O) groups is 2. The number of benzene rings is 2. The molecule has 11 nitrogen and oxygen atoms in total. The second-order valence-electron chi connectivity index (χ2n) is 10.2. The van der Waals surface area contributed by atoms with Gasteiger partial charge in [-0.1, -0.05) is 12.1 Å². The summed E-state index contributed by atoms with van der Waals surface area (Å²) in [7, 11) is 3.31. The Morgan fingerprint density at radius 1 is 1.09 bits per heavy atom. The summed E-state index contributed by atoms with van der Waals surface area (Å²) in [5, 5.41) is 5.76. The largest absolute Gasteiger partial charge is 0.383 e. The van der Waals surface area contributed by atoms with E-state index in [1.807, 2.05) is 0 Å². The average molecular weight is 614 g/mol. The van der Waals surface area contributed by atoms with Crippen LogP contribution in [0.25, 0.3) is 6.08 Å². The lowest BCUT2D eigenvalue weighted by molar-refractivity contribution is 0.0744. The van der Waals surface area contributed by atoms with Crippen molar-refractivity contribution in [1.82, 2.24) is 29.7 Å². The van der Waals surface area contributed by atoms with Crippen LogP contribution in [-0.2, 0) is 17.7 Å². The summed E-state index contributed by atoms with van der Waals surface area (Å²) in [6.07, 6.45) is 9.58. The lowest BCUT2D eigenvalue weighted by Gasteiger charge is -2.17. The number of ether oxygens (including phenoxy) is 1. The number of nitrogens with zero attached hydrogens (tertiary/aromatic N) is 5. The lowest BCUT2D eigenvalue weighted by Crippen LogP contribution is -2.31. The molecular formula is C32H29F2N7O4. The third-order valence-corrected chi connectivity index (χ3v) is 6.98. The van der Waals surface area contributed by atoms with Gasteiger partial charge in [0, 0.05) is 62.5 Å². The van der Waals surface area contributed by atoms with Crippen LogP contribution in [0.1, 0.15) is 37.5 Å². The fourth-order valence-corrected chi connectivity index (χ4v) is 4.49. The topological polar surface area (TPSA) is 131 Å². The first-order chi connectivity index (χ1) is 21.7. The Hall–Kier alpha value is -5.56. The molecule has 45 heavy (non-hydrogen) atoms. The van der Waals surface area contributed by atoms with E-state index in [2.05, 4.69) is 25.6 Å². The number of amides is 2. The number of halogens is 2. The maximum atomic E-state index is 13.6. The number of rotatable bonds is 10. The number of carbonyl (C=O) groups excluding carboxylic acids is 2. The molecule has 0 radical (unpaired) electrons. The van der Waals surface area contributed by atoms with Crippen LogP contribution in [0.4, 0.5) is 20.4 Å². The summed E-state index contributed by atoms with van der Waals surface area (Å²) >= 11 is 0. The predicted molar refractivity (Wildman–Crippen MR) is 163 cm³/mol. The highest BCUT2D eigenvalue weighted by Crippen LogP contribution is 2.23.